The molecule has 2 aromatic carbocycles. The van der Waals surface area contributed by atoms with E-state index < -0.39 is 4.92 Å². The fraction of sp³-hybridized carbons (Fsp3) is 0.333. The zero-order valence-electron chi connectivity index (χ0n) is 18.9. The van der Waals surface area contributed by atoms with Crippen molar-refractivity contribution in [2.75, 3.05) is 26.0 Å². The number of benzene rings is 2. The van der Waals surface area contributed by atoms with E-state index in [2.05, 4.69) is 60.2 Å². The van der Waals surface area contributed by atoms with Crippen LogP contribution < -0.4 is 5.32 Å². The number of nitriles is 1. The summed E-state index contributed by atoms with van der Waals surface area (Å²) in [5.41, 5.74) is 2.59. The molecule has 1 atom stereocenters. The number of nitrogens with one attached hydrogen (secondary N) is 1. The van der Waals surface area contributed by atoms with Crippen molar-refractivity contribution in [2.24, 2.45) is 0 Å². The first kappa shape index (κ1) is 23.0. The first-order valence-electron chi connectivity index (χ1n) is 10.3. The molecule has 0 bridgehead atoms. The molecular weight excluding hydrogens is 406 g/mol. The van der Waals surface area contributed by atoms with E-state index in [1.54, 1.807) is 18.2 Å². The summed E-state index contributed by atoms with van der Waals surface area (Å²) in [6.07, 6.45) is 0. The molecule has 3 rings (SSSR count). The van der Waals surface area contributed by atoms with Gasteiger partial charge < -0.3 is 14.6 Å². The number of aromatic nitrogens is 1. The monoisotopic (exact) mass is 433 g/mol. The molecule has 0 radical (unpaired) electrons. The lowest BCUT2D eigenvalue weighted by Crippen LogP contribution is -2.27. The van der Waals surface area contributed by atoms with Crippen molar-refractivity contribution in [1.82, 2.24) is 9.88 Å². The zero-order valence-corrected chi connectivity index (χ0v) is 18.9. The third-order valence-electron chi connectivity index (χ3n) is 5.31. The van der Waals surface area contributed by atoms with E-state index in [-0.39, 0.29) is 40.2 Å². The van der Waals surface area contributed by atoms with E-state index in [4.69, 9.17) is 4.42 Å². The third-order valence-corrected chi connectivity index (χ3v) is 5.31. The van der Waals surface area contributed by atoms with Crippen LogP contribution in [0.1, 0.15) is 43.6 Å². The van der Waals surface area contributed by atoms with E-state index in [0.29, 0.717) is 6.54 Å². The lowest BCUT2D eigenvalue weighted by atomic mass is 9.86. The summed E-state index contributed by atoms with van der Waals surface area (Å²) < 4.78 is 5.74. The molecule has 0 aliphatic carbocycles. The van der Waals surface area contributed by atoms with Crippen molar-refractivity contribution < 1.29 is 9.34 Å². The molecule has 1 aromatic heterocycles. The van der Waals surface area contributed by atoms with Crippen LogP contribution in [-0.2, 0) is 5.41 Å². The standard InChI is InChI=1S/C24H27N5O3/c1-24(2,3)17-12-10-16(11-13-17)21(28(4)5)15-26-23-19(14-25)27-22(32-23)18-8-6-7-9-20(18)29(30)31/h6-13,21,26H,15H2,1-5H3. The van der Waals surface area contributed by atoms with Gasteiger partial charge in [-0.3, -0.25) is 10.1 Å². The van der Waals surface area contributed by atoms with Gasteiger partial charge in [0.1, 0.15) is 11.6 Å². The number of hydrogen-bond donors (Lipinski definition) is 1. The second-order valence-corrected chi connectivity index (χ2v) is 8.82. The van der Waals surface area contributed by atoms with Crippen LogP contribution in [0.15, 0.2) is 52.9 Å². The highest BCUT2D eigenvalue weighted by atomic mass is 16.6. The Kier molecular flexibility index (Phi) is 6.61. The van der Waals surface area contributed by atoms with Gasteiger partial charge in [-0.05, 0) is 36.7 Å². The van der Waals surface area contributed by atoms with Crippen molar-refractivity contribution in [2.45, 2.75) is 32.2 Å². The van der Waals surface area contributed by atoms with Crippen LogP contribution in [0, 0.1) is 21.4 Å². The molecule has 0 saturated heterocycles. The van der Waals surface area contributed by atoms with Gasteiger partial charge >= 0.3 is 0 Å². The molecule has 3 aromatic rings. The zero-order chi connectivity index (χ0) is 23.5. The van der Waals surface area contributed by atoms with Crippen molar-refractivity contribution in [3.8, 4) is 17.5 Å². The van der Waals surface area contributed by atoms with Gasteiger partial charge in [0.15, 0.2) is 0 Å². The Hall–Kier alpha value is -3.70. The topological polar surface area (TPSA) is 108 Å². The van der Waals surface area contributed by atoms with Crippen LogP contribution in [0.2, 0.25) is 0 Å². The molecule has 32 heavy (non-hydrogen) atoms. The Balaban J connectivity index is 1.85. The smallest absolute Gasteiger partial charge is 0.282 e. The van der Waals surface area contributed by atoms with Gasteiger partial charge in [0.25, 0.3) is 5.69 Å². The second-order valence-electron chi connectivity index (χ2n) is 8.82. The molecule has 166 valence electrons. The summed E-state index contributed by atoms with van der Waals surface area (Å²) in [6, 6.07) is 16.7. The fourth-order valence-electron chi connectivity index (χ4n) is 3.44. The summed E-state index contributed by atoms with van der Waals surface area (Å²) in [5.74, 6) is 0.228. The van der Waals surface area contributed by atoms with Crippen LogP contribution >= 0.6 is 0 Å². The van der Waals surface area contributed by atoms with Crippen LogP contribution in [0.5, 0.6) is 0 Å². The maximum atomic E-state index is 11.3. The van der Waals surface area contributed by atoms with Gasteiger partial charge in [-0.25, -0.2) is 0 Å². The van der Waals surface area contributed by atoms with E-state index in [1.165, 1.54) is 11.6 Å². The highest BCUT2D eigenvalue weighted by Gasteiger charge is 2.23. The van der Waals surface area contributed by atoms with E-state index in [0.717, 1.165) is 5.56 Å². The van der Waals surface area contributed by atoms with E-state index >= 15 is 0 Å². The summed E-state index contributed by atoms with van der Waals surface area (Å²) in [6.45, 7) is 6.99. The molecule has 0 aliphatic rings. The van der Waals surface area contributed by atoms with Crippen LogP contribution in [0.4, 0.5) is 11.6 Å². The number of anilines is 1. The quantitative estimate of drug-likeness (QED) is 0.406. The Labute approximate surface area is 187 Å². The van der Waals surface area contributed by atoms with Gasteiger partial charge in [0, 0.05) is 12.6 Å². The lowest BCUT2D eigenvalue weighted by molar-refractivity contribution is -0.384. The Morgan fingerprint density at radius 2 is 1.84 bits per heavy atom. The predicted octanol–water partition coefficient (Wildman–Crippen LogP) is 5.13. The molecule has 0 fully saturated rings. The number of likely N-dealkylation sites (N-methyl/N-ethyl adjacent to an activating group) is 1. The minimum atomic E-state index is -0.498. The summed E-state index contributed by atoms with van der Waals surface area (Å²) in [4.78, 5) is 17.1. The molecule has 0 saturated carbocycles. The Bertz CT molecular complexity index is 1140. The van der Waals surface area contributed by atoms with Crippen LogP contribution in [0.3, 0.4) is 0 Å². The summed E-state index contributed by atoms with van der Waals surface area (Å²) >= 11 is 0. The van der Waals surface area contributed by atoms with E-state index in [9.17, 15) is 15.4 Å². The summed E-state index contributed by atoms with van der Waals surface area (Å²) in [5, 5.41) is 24.0. The van der Waals surface area contributed by atoms with Crippen LogP contribution in [0.25, 0.3) is 11.5 Å². The molecule has 0 amide bonds. The number of nitro benzene ring substituents is 1. The molecule has 0 spiro atoms. The van der Waals surface area contributed by atoms with Gasteiger partial charge in [-0.1, -0.05) is 57.2 Å². The molecule has 8 heteroatoms. The van der Waals surface area contributed by atoms with Gasteiger partial charge in [-0.2, -0.15) is 10.2 Å². The third kappa shape index (κ3) is 4.95. The highest BCUT2D eigenvalue weighted by molar-refractivity contribution is 5.68. The SMILES string of the molecule is CN(C)C(CNc1oc(-c2ccccc2[N+](=O)[O-])nc1C#N)c1ccc(C(C)(C)C)cc1. The van der Waals surface area contributed by atoms with Crippen LogP contribution in [-0.4, -0.2) is 35.4 Å². The molecular formula is C24H27N5O3. The van der Waals surface area contributed by atoms with Crippen molar-refractivity contribution in [3.63, 3.8) is 0 Å². The van der Waals surface area contributed by atoms with Crippen molar-refractivity contribution in [3.05, 3.63) is 75.5 Å². The van der Waals surface area contributed by atoms with Gasteiger partial charge in [0.2, 0.25) is 17.5 Å². The lowest BCUT2D eigenvalue weighted by Gasteiger charge is -2.26. The van der Waals surface area contributed by atoms with E-state index in [1.807, 2.05) is 20.2 Å². The largest absolute Gasteiger partial charge is 0.419 e. The number of oxazole rings is 1. The molecule has 1 unspecified atom stereocenters. The predicted molar refractivity (Wildman–Crippen MR) is 123 cm³/mol. The second kappa shape index (κ2) is 9.20. The average molecular weight is 434 g/mol. The minimum Gasteiger partial charge on any atom is -0.419 e. The van der Waals surface area contributed by atoms with Gasteiger partial charge in [0.05, 0.1) is 11.0 Å². The number of nitro groups is 1. The first-order valence-corrected chi connectivity index (χ1v) is 10.3. The molecule has 1 N–H and O–H groups in total. The Morgan fingerprint density at radius 1 is 1.19 bits per heavy atom. The molecule has 8 nitrogen and oxygen atoms in total. The number of rotatable bonds is 7. The van der Waals surface area contributed by atoms with Crippen molar-refractivity contribution >= 4 is 11.6 Å². The molecule has 0 aliphatic heterocycles. The first-order chi connectivity index (χ1) is 15.1. The highest BCUT2D eigenvalue weighted by Crippen LogP contribution is 2.32. The number of para-hydroxylation sites is 1. The fourth-order valence-corrected chi connectivity index (χ4v) is 3.44. The number of nitrogens with zero attached hydrogens (tertiary/aromatic N) is 4. The van der Waals surface area contributed by atoms with Crippen molar-refractivity contribution in [1.29, 1.82) is 5.26 Å². The number of hydrogen-bond acceptors (Lipinski definition) is 7. The Morgan fingerprint density at radius 3 is 2.41 bits per heavy atom. The maximum Gasteiger partial charge on any atom is 0.282 e. The summed E-state index contributed by atoms with van der Waals surface area (Å²) in [7, 11) is 3.96. The normalized spacial score (nSPS) is 12.4. The minimum absolute atomic E-state index is 0.00942. The molecule has 1 heterocycles. The maximum absolute atomic E-state index is 11.3. The average Bonchev–Trinajstić information content (AvgIpc) is 3.16. The van der Waals surface area contributed by atoms with Gasteiger partial charge in [-0.15, -0.1) is 0 Å².